The molecule has 2 aromatic carbocycles. The van der Waals surface area contributed by atoms with Gasteiger partial charge in [0.05, 0.1) is 18.5 Å². The minimum atomic E-state index is -0.846. The average Bonchev–Trinajstić information content (AvgIpc) is 2.76. The van der Waals surface area contributed by atoms with E-state index in [0.29, 0.717) is 6.54 Å². The van der Waals surface area contributed by atoms with Crippen LogP contribution in [0.2, 0.25) is 0 Å². The lowest BCUT2D eigenvalue weighted by Crippen LogP contribution is -3.27. The summed E-state index contributed by atoms with van der Waals surface area (Å²) in [6, 6.07) is 13.8. The number of nitro benzene ring substituents is 1. The summed E-state index contributed by atoms with van der Waals surface area (Å²) in [6.07, 6.45) is 0. The first-order chi connectivity index (χ1) is 14.8. The first kappa shape index (κ1) is 22.4. The van der Waals surface area contributed by atoms with Crippen LogP contribution in [0.4, 0.5) is 11.4 Å². The van der Waals surface area contributed by atoms with Gasteiger partial charge in [-0.25, -0.2) is 0 Å². The zero-order chi connectivity index (χ0) is 22.4. The third kappa shape index (κ3) is 6.09. The Kier molecular flexibility index (Phi) is 7.32. The van der Waals surface area contributed by atoms with Crippen LogP contribution in [0.3, 0.4) is 0 Å². The number of hydrogen-bond acceptors (Lipinski definition) is 4. The van der Waals surface area contributed by atoms with E-state index in [1.165, 1.54) is 39.6 Å². The lowest BCUT2D eigenvalue weighted by molar-refractivity contribution is -1.02. The van der Waals surface area contributed by atoms with Gasteiger partial charge in [0.25, 0.3) is 5.69 Å². The van der Waals surface area contributed by atoms with E-state index in [0.717, 1.165) is 31.7 Å². The van der Waals surface area contributed by atoms with Crippen LogP contribution in [0, 0.1) is 17.0 Å². The molecule has 4 N–H and O–H groups in total. The molecule has 31 heavy (non-hydrogen) atoms. The molecule has 0 unspecified atom stereocenters. The number of likely N-dealkylation sites (N-methyl/N-ethyl adjacent to an activating group) is 1. The molecular formula is C22H29N5O4+2. The Hall–Kier alpha value is -3.30. The monoisotopic (exact) mass is 427 g/mol. The summed E-state index contributed by atoms with van der Waals surface area (Å²) < 4.78 is 0. The largest absolute Gasteiger partial charge is 0.341 e. The van der Waals surface area contributed by atoms with E-state index in [1.54, 1.807) is 0 Å². The van der Waals surface area contributed by atoms with Gasteiger partial charge in [0.2, 0.25) is 0 Å². The lowest BCUT2D eigenvalue weighted by atomic mass is 10.0. The number of carbonyl (C=O) groups excluding carboxylic acids is 2. The number of quaternary nitrogens is 2. The highest BCUT2D eigenvalue weighted by Crippen LogP contribution is 2.17. The van der Waals surface area contributed by atoms with Crippen LogP contribution in [0.1, 0.15) is 17.2 Å². The molecule has 0 radical (unpaired) electrons. The number of amides is 2. The number of rotatable bonds is 6. The first-order valence-electron chi connectivity index (χ1n) is 10.4. The zero-order valence-corrected chi connectivity index (χ0v) is 17.8. The third-order valence-electron chi connectivity index (χ3n) is 5.71. The number of non-ortho nitro benzene ring substituents is 1. The molecule has 0 aromatic heterocycles. The molecule has 164 valence electrons. The average molecular weight is 428 g/mol. The first-order valence-corrected chi connectivity index (χ1v) is 10.4. The number of benzene rings is 2. The molecule has 9 heteroatoms. The molecule has 1 fully saturated rings. The molecule has 3 rings (SSSR count). The van der Waals surface area contributed by atoms with Crippen molar-refractivity contribution in [1.82, 2.24) is 5.32 Å². The maximum atomic E-state index is 12.4. The molecule has 0 spiro atoms. The van der Waals surface area contributed by atoms with Crippen molar-refractivity contribution in [3.63, 3.8) is 0 Å². The molecule has 2 aromatic rings. The van der Waals surface area contributed by atoms with Crippen LogP contribution >= 0.6 is 0 Å². The van der Waals surface area contributed by atoms with Crippen molar-refractivity contribution in [2.45, 2.75) is 13.0 Å². The summed E-state index contributed by atoms with van der Waals surface area (Å²) in [5, 5.41) is 16.1. The van der Waals surface area contributed by atoms with Gasteiger partial charge in [0.1, 0.15) is 32.2 Å². The number of aryl methyl sites for hydroxylation is 1. The predicted molar refractivity (Wildman–Crippen MR) is 116 cm³/mol. The number of nitrogens with one attached hydrogen (secondary N) is 4. The van der Waals surface area contributed by atoms with E-state index < -0.39 is 16.7 Å². The Morgan fingerprint density at radius 1 is 1.06 bits per heavy atom. The highest BCUT2D eigenvalue weighted by molar-refractivity contribution is 6.39. The van der Waals surface area contributed by atoms with Gasteiger partial charge in [-0.15, -0.1) is 0 Å². The number of nitrogens with zero attached hydrogens (tertiary/aromatic N) is 1. The van der Waals surface area contributed by atoms with Gasteiger partial charge in [-0.1, -0.05) is 35.9 Å². The molecular weight excluding hydrogens is 398 g/mol. The molecule has 1 aliphatic rings. The molecule has 9 nitrogen and oxygen atoms in total. The van der Waals surface area contributed by atoms with Crippen molar-refractivity contribution >= 4 is 23.2 Å². The van der Waals surface area contributed by atoms with Crippen molar-refractivity contribution in [2.24, 2.45) is 0 Å². The van der Waals surface area contributed by atoms with Crippen LogP contribution < -0.4 is 20.4 Å². The van der Waals surface area contributed by atoms with Gasteiger partial charge < -0.3 is 20.4 Å². The SMILES string of the molecule is Cc1ccc([C@H](CNC(=O)C(=O)Nc2cccc([N+](=O)[O-])c2)[NH+]2CC[NH+](C)CC2)cc1. The van der Waals surface area contributed by atoms with E-state index in [2.05, 4.69) is 41.9 Å². The van der Waals surface area contributed by atoms with E-state index in [-0.39, 0.29) is 17.4 Å². The normalized spacial score (nSPS) is 19.3. The number of anilines is 1. The van der Waals surface area contributed by atoms with E-state index in [4.69, 9.17) is 0 Å². The zero-order valence-electron chi connectivity index (χ0n) is 17.8. The third-order valence-corrected chi connectivity index (χ3v) is 5.71. The van der Waals surface area contributed by atoms with Gasteiger partial charge in [-0.2, -0.15) is 0 Å². The summed E-state index contributed by atoms with van der Waals surface area (Å²) >= 11 is 0. The molecule has 1 heterocycles. The summed E-state index contributed by atoms with van der Waals surface area (Å²) in [5.41, 5.74) is 2.34. The van der Waals surface area contributed by atoms with Crippen molar-refractivity contribution in [3.05, 3.63) is 69.8 Å². The lowest BCUT2D eigenvalue weighted by Gasteiger charge is -2.33. The maximum absolute atomic E-state index is 12.4. The van der Waals surface area contributed by atoms with Gasteiger partial charge in [0.15, 0.2) is 0 Å². The fraction of sp³-hybridized carbons (Fsp3) is 0.364. The fourth-order valence-corrected chi connectivity index (χ4v) is 3.80. The molecule has 1 saturated heterocycles. The van der Waals surface area contributed by atoms with Crippen LogP contribution in [0.25, 0.3) is 0 Å². The maximum Gasteiger partial charge on any atom is 0.313 e. The summed E-state index contributed by atoms with van der Waals surface area (Å²) in [6.45, 7) is 6.45. The van der Waals surface area contributed by atoms with Crippen LogP contribution in [-0.4, -0.2) is 56.5 Å². The van der Waals surface area contributed by atoms with Crippen molar-refractivity contribution in [1.29, 1.82) is 0 Å². The Morgan fingerprint density at radius 3 is 2.39 bits per heavy atom. The van der Waals surface area contributed by atoms with E-state index >= 15 is 0 Å². The van der Waals surface area contributed by atoms with Crippen LogP contribution in [0.5, 0.6) is 0 Å². The minimum absolute atomic E-state index is 0.0447. The van der Waals surface area contributed by atoms with Crippen LogP contribution in [0.15, 0.2) is 48.5 Å². The van der Waals surface area contributed by atoms with Crippen molar-refractivity contribution in [2.75, 3.05) is 45.1 Å². The smallest absolute Gasteiger partial charge is 0.313 e. The Morgan fingerprint density at radius 2 is 1.74 bits per heavy atom. The second-order valence-electron chi connectivity index (χ2n) is 8.05. The second-order valence-corrected chi connectivity index (χ2v) is 8.05. The second kappa shape index (κ2) is 10.1. The number of piperazine rings is 1. The quantitative estimate of drug-likeness (QED) is 0.272. The molecule has 1 aliphatic heterocycles. The van der Waals surface area contributed by atoms with Gasteiger partial charge in [-0.3, -0.25) is 19.7 Å². The van der Waals surface area contributed by atoms with Gasteiger partial charge >= 0.3 is 11.8 Å². The summed E-state index contributed by atoms with van der Waals surface area (Å²) in [4.78, 5) is 37.9. The molecule has 0 bridgehead atoms. The number of nitro groups is 1. The van der Waals surface area contributed by atoms with Gasteiger partial charge in [0, 0.05) is 23.4 Å². The minimum Gasteiger partial charge on any atom is -0.341 e. The number of carbonyl (C=O) groups is 2. The summed E-state index contributed by atoms with van der Waals surface area (Å²) in [5.74, 6) is -1.61. The Bertz CT molecular complexity index is 939. The molecule has 1 atom stereocenters. The standard InChI is InChI=1S/C22H27N5O4/c1-16-6-8-17(9-7-16)20(26-12-10-25(2)11-13-26)15-23-21(28)22(29)24-18-4-3-5-19(14-18)27(30)31/h3-9,14,20H,10-13,15H2,1-2H3,(H,23,28)(H,24,29)/p+2/t20-/m0/s1. The Balaban J connectivity index is 1.65. The highest BCUT2D eigenvalue weighted by atomic mass is 16.6. The topological polar surface area (TPSA) is 110 Å². The molecule has 2 amide bonds. The highest BCUT2D eigenvalue weighted by Gasteiger charge is 2.30. The van der Waals surface area contributed by atoms with Crippen molar-refractivity contribution in [3.8, 4) is 0 Å². The molecule has 0 aliphatic carbocycles. The summed E-state index contributed by atoms with van der Waals surface area (Å²) in [7, 11) is 2.18. The van der Waals surface area contributed by atoms with E-state index in [1.807, 2.05) is 6.92 Å². The van der Waals surface area contributed by atoms with Gasteiger partial charge in [-0.05, 0) is 13.0 Å². The fourth-order valence-electron chi connectivity index (χ4n) is 3.80. The van der Waals surface area contributed by atoms with Crippen LogP contribution in [-0.2, 0) is 9.59 Å². The number of hydrogen-bond donors (Lipinski definition) is 4. The molecule has 0 saturated carbocycles. The Labute approximate surface area is 181 Å². The predicted octanol–water partition coefficient (Wildman–Crippen LogP) is -0.888. The van der Waals surface area contributed by atoms with Crippen molar-refractivity contribution < 1.29 is 24.3 Å². The van der Waals surface area contributed by atoms with E-state index in [9.17, 15) is 19.7 Å².